The van der Waals surface area contributed by atoms with E-state index in [0.717, 1.165) is 9.75 Å². The van der Waals surface area contributed by atoms with Gasteiger partial charge in [-0.2, -0.15) is 0 Å². The quantitative estimate of drug-likeness (QED) is 0.299. The normalized spacial score (nSPS) is 15.3. The van der Waals surface area contributed by atoms with Crippen LogP contribution in [0.3, 0.4) is 0 Å². The van der Waals surface area contributed by atoms with E-state index in [9.17, 15) is 19.2 Å². The molecule has 0 unspecified atom stereocenters. The van der Waals surface area contributed by atoms with Crippen molar-refractivity contribution in [1.29, 1.82) is 0 Å². The highest BCUT2D eigenvalue weighted by atomic mass is 32.1. The maximum absolute atomic E-state index is 13.9. The van der Waals surface area contributed by atoms with E-state index in [1.807, 2.05) is 62.7 Å². The summed E-state index contributed by atoms with van der Waals surface area (Å²) in [4.78, 5) is 59.5. The average molecular weight is 515 g/mol. The summed E-state index contributed by atoms with van der Waals surface area (Å²) in [6.07, 6.45) is 0. The van der Waals surface area contributed by atoms with Gasteiger partial charge in [-0.05, 0) is 62.7 Å². The molecule has 0 atom stereocenters. The number of nitrogens with zero attached hydrogens (tertiary/aromatic N) is 2. The molecule has 180 valence electrons. The molecule has 0 radical (unpaired) electrons. The first-order valence-corrected chi connectivity index (χ1v) is 13.5. The zero-order valence-corrected chi connectivity index (χ0v) is 21.8. The van der Waals surface area contributed by atoms with E-state index in [0.29, 0.717) is 44.2 Å². The van der Waals surface area contributed by atoms with Crippen molar-refractivity contribution >= 4 is 57.1 Å². The Hall–Kier alpha value is -3.62. The standard InChI is InChI=1S/C28H22N2O4S2/c1-13(2)29-25(31)17-11-16(20-8-6-10-36-20)24-22-18(26(32)30(14(3)4)28(24)34)12-15(19-7-5-9-35-19)23(21(17)22)27(29)33/h5-14H,1-4H3. The zero-order valence-electron chi connectivity index (χ0n) is 20.1. The van der Waals surface area contributed by atoms with Gasteiger partial charge < -0.3 is 0 Å². The molecule has 0 fully saturated rings. The Bertz CT molecular complexity index is 1490. The molecule has 0 saturated carbocycles. The second-order valence-electron chi connectivity index (χ2n) is 9.55. The zero-order chi connectivity index (χ0) is 25.5. The molecule has 2 aliphatic heterocycles. The second-order valence-corrected chi connectivity index (χ2v) is 11.4. The summed E-state index contributed by atoms with van der Waals surface area (Å²) in [5.41, 5.74) is 2.66. The van der Waals surface area contributed by atoms with Gasteiger partial charge in [0.2, 0.25) is 0 Å². The van der Waals surface area contributed by atoms with E-state index < -0.39 is 23.6 Å². The summed E-state index contributed by atoms with van der Waals surface area (Å²) in [6, 6.07) is 10.3. The highest BCUT2D eigenvalue weighted by Crippen LogP contribution is 2.47. The first kappa shape index (κ1) is 22.8. The van der Waals surface area contributed by atoms with Gasteiger partial charge in [0.15, 0.2) is 0 Å². The number of hydrogen-bond acceptors (Lipinski definition) is 6. The minimum atomic E-state index is -0.410. The lowest BCUT2D eigenvalue weighted by Gasteiger charge is -2.36. The van der Waals surface area contributed by atoms with Gasteiger partial charge in [-0.1, -0.05) is 12.1 Å². The Balaban J connectivity index is 1.85. The van der Waals surface area contributed by atoms with Gasteiger partial charge in [0.25, 0.3) is 23.6 Å². The van der Waals surface area contributed by atoms with Crippen LogP contribution in [0.4, 0.5) is 0 Å². The molecule has 2 aromatic carbocycles. The summed E-state index contributed by atoms with van der Waals surface area (Å²) in [5, 5.41) is 4.63. The predicted octanol–water partition coefficient (Wildman–Crippen LogP) is 6.31. The molecular weight excluding hydrogens is 492 g/mol. The van der Waals surface area contributed by atoms with Crippen LogP contribution in [0.5, 0.6) is 0 Å². The number of thiophene rings is 2. The first-order chi connectivity index (χ1) is 17.2. The number of carbonyl (C=O) groups excluding carboxylic acids is 4. The number of amides is 4. The molecule has 0 N–H and O–H groups in total. The van der Waals surface area contributed by atoms with Crippen molar-refractivity contribution in [3.8, 4) is 20.9 Å². The van der Waals surface area contributed by atoms with Crippen LogP contribution in [0.15, 0.2) is 47.2 Å². The van der Waals surface area contributed by atoms with E-state index in [1.165, 1.54) is 32.5 Å². The van der Waals surface area contributed by atoms with E-state index in [1.54, 1.807) is 12.1 Å². The van der Waals surface area contributed by atoms with Gasteiger partial charge in [-0.15, -0.1) is 22.7 Å². The van der Waals surface area contributed by atoms with Crippen LogP contribution in [0.2, 0.25) is 0 Å². The van der Waals surface area contributed by atoms with Crippen LogP contribution in [-0.2, 0) is 0 Å². The van der Waals surface area contributed by atoms with Gasteiger partial charge in [-0.25, -0.2) is 0 Å². The summed E-state index contributed by atoms with van der Waals surface area (Å²) >= 11 is 2.92. The van der Waals surface area contributed by atoms with Crippen molar-refractivity contribution in [2.24, 2.45) is 0 Å². The van der Waals surface area contributed by atoms with E-state index in [-0.39, 0.29) is 12.1 Å². The summed E-state index contributed by atoms with van der Waals surface area (Å²) in [5.74, 6) is -1.63. The highest BCUT2D eigenvalue weighted by molar-refractivity contribution is 7.14. The van der Waals surface area contributed by atoms with E-state index in [4.69, 9.17) is 0 Å². The van der Waals surface area contributed by atoms with Crippen molar-refractivity contribution in [3.05, 3.63) is 69.4 Å². The van der Waals surface area contributed by atoms with Crippen LogP contribution in [0.1, 0.15) is 69.1 Å². The van der Waals surface area contributed by atoms with E-state index in [2.05, 4.69) is 0 Å². The SMILES string of the molecule is CC(C)N1C(=O)c2cc(-c3cccs3)c3c4c(cc(-c5cccs5)c(c24)C1=O)C(=O)N(C(C)C)C3=O. The summed E-state index contributed by atoms with van der Waals surface area (Å²) in [7, 11) is 0. The minimum absolute atomic E-state index is 0.346. The molecule has 0 bridgehead atoms. The van der Waals surface area contributed by atoms with Crippen molar-refractivity contribution in [2.75, 3.05) is 0 Å². The van der Waals surface area contributed by atoms with Crippen LogP contribution in [0.25, 0.3) is 31.7 Å². The summed E-state index contributed by atoms with van der Waals surface area (Å²) < 4.78 is 0. The number of rotatable bonds is 4. The fourth-order valence-electron chi connectivity index (χ4n) is 5.29. The van der Waals surface area contributed by atoms with Crippen LogP contribution in [0, 0.1) is 0 Å². The van der Waals surface area contributed by atoms with Gasteiger partial charge in [0.1, 0.15) is 0 Å². The van der Waals surface area contributed by atoms with Crippen LogP contribution < -0.4 is 0 Å². The monoisotopic (exact) mass is 514 g/mol. The average Bonchev–Trinajstić information content (AvgIpc) is 3.54. The topological polar surface area (TPSA) is 74.8 Å². The van der Waals surface area contributed by atoms with Gasteiger partial charge in [-0.3, -0.25) is 29.0 Å². The number of imide groups is 2. The molecule has 2 aromatic heterocycles. The fraction of sp³-hybridized carbons (Fsp3) is 0.214. The maximum Gasteiger partial charge on any atom is 0.262 e. The Kier molecular flexibility index (Phi) is 5.04. The minimum Gasteiger partial charge on any atom is -0.272 e. The Labute approximate surface area is 215 Å². The van der Waals surface area contributed by atoms with E-state index >= 15 is 0 Å². The molecule has 6 nitrogen and oxygen atoms in total. The number of benzene rings is 2. The molecule has 0 spiro atoms. The third-order valence-electron chi connectivity index (χ3n) is 6.77. The number of hydrogen-bond donors (Lipinski definition) is 0. The Morgan fingerprint density at radius 1 is 0.583 bits per heavy atom. The maximum atomic E-state index is 13.9. The molecule has 4 aromatic rings. The molecule has 0 saturated heterocycles. The Morgan fingerprint density at radius 3 is 1.28 bits per heavy atom. The van der Waals surface area contributed by atoms with Crippen LogP contribution in [-0.4, -0.2) is 45.5 Å². The lowest BCUT2D eigenvalue weighted by molar-refractivity contribution is 0.0542. The van der Waals surface area contributed by atoms with Gasteiger partial charge >= 0.3 is 0 Å². The molecular formula is C28H22N2O4S2. The van der Waals surface area contributed by atoms with Crippen molar-refractivity contribution in [2.45, 2.75) is 39.8 Å². The van der Waals surface area contributed by atoms with Crippen molar-refractivity contribution in [1.82, 2.24) is 9.80 Å². The third-order valence-corrected chi connectivity index (χ3v) is 8.58. The van der Waals surface area contributed by atoms with Crippen LogP contribution >= 0.6 is 22.7 Å². The lowest BCUT2D eigenvalue weighted by Crippen LogP contribution is -2.47. The molecule has 0 aliphatic carbocycles. The predicted molar refractivity (Wildman–Crippen MR) is 142 cm³/mol. The molecule has 6 rings (SSSR count). The third kappa shape index (κ3) is 2.94. The molecule has 8 heteroatoms. The molecule has 4 heterocycles. The Morgan fingerprint density at radius 2 is 0.972 bits per heavy atom. The van der Waals surface area contributed by atoms with Gasteiger partial charge in [0, 0.05) is 54.9 Å². The van der Waals surface area contributed by atoms with Crippen molar-refractivity contribution < 1.29 is 19.2 Å². The molecule has 4 amide bonds. The fourth-order valence-corrected chi connectivity index (χ4v) is 6.79. The lowest BCUT2D eigenvalue weighted by atomic mass is 9.80. The summed E-state index contributed by atoms with van der Waals surface area (Å²) in [6.45, 7) is 7.23. The first-order valence-electron chi connectivity index (χ1n) is 11.7. The highest BCUT2D eigenvalue weighted by Gasteiger charge is 2.44. The smallest absolute Gasteiger partial charge is 0.262 e. The van der Waals surface area contributed by atoms with Crippen molar-refractivity contribution in [3.63, 3.8) is 0 Å². The number of carbonyl (C=O) groups is 4. The largest absolute Gasteiger partial charge is 0.272 e. The second kappa shape index (κ2) is 7.94. The van der Waals surface area contributed by atoms with Gasteiger partial charge in [0.05, 0.1) is 11.1 Å². The molecule has 36 heavy (non-hydrogen) atoms. The molecule has 2 aliphatic rings.